The van der Waals surface area contributed by atoms with Crippen LogP contribution in [0.4, 0.5) is 0 Å². The van der Waals surface area contributed by atoms with Gasteiger partial charge < -0.3 is 14.9 Å². The monoisotopic (exact) mass is 282 g/mol. The molecule has 1 saturated heterocycles. The molecule has 0 aromatic carbocycles. The molecule has 1 aliphatic carbocycles. The highest BCUT2D eigenvalue weighted by atomic mass is 16.4. The number of aliphatic carboxylic acids is 1. The lowest BCUT2D eigenvalue weighted by Crippen LogP contribution is -2.48. The minimum atomic E-state index is -1.05. The fraction of sp³-hybridized carbons (Fsp3) is 0.786. The molecule has 0 aromatic rings. The third-order valence-corrected chi connectivity index (χ3v) is 4.38. The number of carboxylic acids is 1. The number of amides is 2. The Hall–Kier alpha value is -1.59. The Balaban J connectivity index is 1.90. The van der Waals surface area contributed by atoms with E-state index in [2.05, 4.69) is 6.92 Å². The van der Waals surface area contributed by atoms with Gasteiger partial charge in [-0.3, -0.25) is 14.4 Å². The second-order valence-electron chi connectivity index (χ2n) is 6.03. The average molecular weight is 282 g/mol. The molecule has 1 aliphatic heterocycles. The van der Waals surface area contributed by atoms with E-state index in [1.165, 1.54) is 7.05 Å². The molecule has 6 nitrogen and oxygen atoms in total. The maximum atomic E-state index is 12.4. The number of rotatable bonds is 5. The van der Waals surface area contributed by atoms with E-state index < -0.39 is 5.97 Å². The van der Waals surface area contributed by atoms with Crippen molar-refractivity contribution in [2.45, 2.75) is 26.2 Å². The number of likely N-dealkylation sites (tertiary alicyclic amines) is 1. The summed E-state index contributed by atoms with van der Waals surface area (Å²) in [7, 11) is 1.45. The van der Waals surface area contributed by atoms with Gasteiger partial charge in [0.15, 0.2) is 0 Å². The summed E-state index contributed by atoms with van der Waals surface area (Å²) in [5.74, 6) is -0.119. The predicted octanol–water partition coefficient (Wildman–Crippen LogP) is 0.424. The molecule has 20 heavy (non-hydrogen) atoms. The van der Waals surface area contributed by atoms with Crippen LogP contribution in [0.25, 0.3) is 0 Å². The second-order valence-corrected chi connectivity index (χ2v) is 6.03. The summed E-state index contributed by atoms with van der Waals surface area (Å²) in [5.41, 5.74) is 0. The van der Waals surface area contributed by atoms with E-state index in [9.17, 15) is 14.4 Å². The molecule has 2 rings (SSSR count). The summed E-state index contributed by atoms with van der Waals surface area (Å²) >= 11 is 0. The first-order valence-corrected chi connectivity index (χ1v) is 7.14. The number of hydrogen-bond acceptors (Lipinski definition) is 3. The first-order chi connectivity index (χ1) is 9.40. The summed E-state index contributed by atoms with van der Waals surface area (Å²) in [6, 6.07) is 0. The average Bonchev–Trinajstić information content (AvgIpc) is 3.08. The minimum Gasteiger partial charge on any atom is -0.480 e. The number of hydrogen-bond donors (Lipinski definition) is 1. The summed E-state index contributed by atoms with van der Waals surface area (Å²) < 4.78 is 0. The second kappa shape index (κ2) is 5.81. The third-order valence-electron chi connectivity index (χ3n) is 4.38. The van der Waals surface area contributed by atoms with Crippen LogP contribution in [0.15, 0.2) is 0 Å². The molecule has 0 aromatic heterocycles. The Kier molecular flexibility index (Phi) is 4.30. The standard InChI is InChI=1S/C14H22N2O4/c1-9-6-11(9)10-4-3-5-16(14(10)20)7-12(17)15(2)8-13(18)19/h9-11H,3-8H2,1-2H3,(H,18,19)/t9?,10?,11-/m0/s1. The van der Waals surface area contributed by atoms with Gasteiger partial charge in [0.25, 0.3) is 0 Å². The Morgan fingerprint density at radius 3 is 2.65 bits per heavy atom. The van der Waals surface area contributed by atoms with E-state index in [1.807, 2.05) is 0 Å². The number of piperidine rings is 1. The van der Waals surface area contributed by atoms with Gasteiger partial charge in [0.2, 0.25) is 11.8 Å². The van der Waals surface area contributed by atoms with Crippen molar-refractivity contribution < 1.29 is 19.5 Å². The molecule has 1 heterocycles. The normalized spacial score (nSPS) is 29.2. The highest BCUT2D eigenvalue weighted by molar-refractivity contribution is 5.88. The van der Waals surface area contributed by atoms with E-state index in [1.54, 1.807) is 4.90 Å². The largest absolute Gasteiger partial charge is 0.480 e. The Morgan fingerprint density at radius 1 is 1.45 bits per heavy atom. The van der Waals surface area contributed by atoms with Crippen LogP contribution < -0.4 is 0 Å². The molecule has 2 amide bonds. The lowest BCUT2D eigenvalue weighted by Gasteiger charge is -2.33. The van der Waals surface area contributed by atoms with Gasteiger partial charge in [-0.05, 0) is 31.1 Å². The SMILES string of the molecule is CC1C[C@@H]1C1CCCN(CC(=O)N(C)CC(=O)O)C1=O. The molecule has 2 fully saturated rings. The van der Waals surface area contributed by atoms with Gasteiger partial charge in [-0.15, -0.1) is 0 Å². The number of carbonyl (C=O) groups is 3. The maximum Gasteiger partial charge on any atom is 0.323 e. The van der Waals surface area contributed by atoms with Crippen molar-refractivity contribution in [1.82, 2.24) is 9.80 Å². The molecule has 112 valence electrons. The van der Waals surface area contributed by atoms with Gasteiger partial charge in [0, 0.05) is 19.5 Å². The fourth-order valence-electron chi connectivity index (χ4n) is 3.01. The van der Waals surface area contributed by atoms with Crippen molar-refractivity contribution in [3.63, 3.8) is 0 Å². The molecule has 1 saturated carbocycles. The zero-order valence-corrected chi connectivity index (χ0v) is 12.0. The van der Waals surface area contributed by atoms with Gasteiger partial charge in [-0.25, -0.2) is 0 Å². The van der Waals surface area contributed by atoms with Crippen LogP contribution in [0, 0.1) is 17.8 Å². The van der Waals surface area contributed by atoms with Gasteiger partial charge in [-0.2, -0.15) is 0 Å². The minimum absolute atomic E-state index is 0.000213. The molecular formula is C14H22N2O4. The highest BCUT2D eigenvalue weighted by Gasteiger charge is 2.45. The van der Waals surface area contributed by atoms with Gasteiger partial charge in [0.05, 0.1) is 6.54 Å². The van der Waals surface area contributed by atoms with Crippen LogP contribution in [-0.2, 0) is 14.4 Å². The molecule has 0 radical (unpaired) electrons. The van der Waals surface area contributed by atoms with Crippen molar-refractivity contribution in [1.29, 1.82) is 0 Å². The lowest BCUT2D eigenvalue weighted by molar-refractivity contribution is -0.148. The zero-order chi connectivity index (χ0) is 14.9. The first kappa shape index (κ1) is 14.8. The summed E-state index contributed by atoms with van der Waals surface area (Å²) in [4.78, 5) is 37.6. The molecule has 6 heteroatoms. The first-order valence-electron chi connectivity index (χ1n) is 7.14. The molecule has 0 spiro atoms. The van der Waals surface area contributed by atoms with E-state index in [-0.39, 0.29) is 30.8 Å². The number of carboxylic acid groups (broad SMARTS) is 1. The van der Waals surface area contributed by atoms with Crippen molar-refractivity contribution >= 4 is 17.8 Å². The quantitative estimate of drug-likeness (QED) is 0.793. The molecule has 3 atom stereocenters. The van der Waals surface area contributed by atoms with Crippen LogP contribution in [0.5, 0.6) is 0 Å². The molecule has 2 aliphatic rings. The summed E-state index contributed by atoms with van der Waals surface area (Å²) in [5, 5.41) is 8.67. The van der Waals surface area contributed by atoms with Crippen molar-refractivity contribution in [2.24, 2.45) is 17.8 Å². The van der Waals surface area contributed by atoms with Crippen LogP contribution >= 0.6 is 0 Å². The van der Waals surface area contributed by atoms with Gasteiger partial charge >= 0.3 is 5.97 Å². The van der Waals surface area contributed by atoms with Gasteiger partial charge in [0.1, 0.15) is 6.54 Å². The van der Waals surface area contributed by atoms with E-state index in [0.29, 0.717) is 18.4 Å². The lowest BCUT2D eigenvalue weighted by atomic mass is 9.91. The number of nitrogens with zero attached hydrogens (tertiary/aromatic N) is 2. The van der Waals surface area contributed by atoms with Crippen LogP contribution in [-0.4, -0.2) is 59.4 Å². The molecule has 0 bridgehead atoms. The van der Waals surface area contributed by atoms with Crippen molar-refractivity contribution in [3.05, 3.63) is 0 Å². The van der Waals surface area contributed by atoms with Crippen molar-refractivity contribution in [2.75, 3.05) is 26.7 Å². The fourth-order valence-corrected chi connectivity index (χ4v) is 3.01. The number of likely N-dealkylation sites (N-methyl/N-ethyl adjacent to an activating group) is 1. The van der Waals surface area contributed by atoms with E-state index in [0.717, 1.165) is 24.2 Å². The Bertz CT molecular complexity index is 423. The van der Waals surface area contributed by atoms with Crippen LogP contribution in [0.1, 0.15) is 26.2 Å². The van der Waals surface area contributed by atoms with E-state index >= 15 is 0 Å². The predicted molar refractivity (Wildman–Crippen MR) is 71.8 cm³/mol. The maximum absolute atomic E-state index is 12.4. The summed E-state index contributed by atoms with van der Waals surface area (Å²) in [6.07, 6.45) is 2.95. The van der Waals surface area contributed by atoms with Crippen LogP contribution in [0.3, 0.4) is 0 Å². The smallest absolute Gasteiger partial charge is 0.323 e. The Morgan fingerprint density at radius 2 is 2.10 bits per heavy atom. The van der Waals surface area contributed by atoms with Gasteiger partial charge in [-0.1, -0.05) is 6.92 Å². The molecule has 1 N–H and O–H groups in total. The number of carbonyl (C=O) groups excluding carboxylic acids is 2. The molecular weight excluding hydrogens is 260 g/mol. The molecule has 2 unspecified atom stereocenters. The van der Waals surface area contributed by atoms with Crippen molar-refractivity contribution in [3.8, 4) is 0 Å². The van der Waals surface area contributed by atoms with Crippen LogP contribution in [0.2, 0.25) is 0 Å². The highest BCUT2D eigenvalue weighted by Crippen LogP contribution is 2.47. The zero-order valence-electron chi connectivity index (χ0n) is 12.0. The van der Waals surface area contributed by atoms with E-state index in [4.69, 9.17) is 5.11 Å². The Labute approximate surface area is 118 Å². The topological polar surface area (TPSA) is 77.9 Å². The summed E-state index contributed by atoms with van der Waals surface area (Å²) in [6.45, 7) is 2.43. The third kappa shape index (κ3) is 3.29.